The van der Waals surface area contributed by atoms with Crippen molar-refractivity contribution < 1.29 is 9.47 Å². The van der Waals surface area contributed by atoms with E-state index in [1.54, 1.807) is 11.3 Å². The molecule has 4 rings (SSSR count). The summed E-state index contributed by atoms with van der Waals surface area (Å²) < 4.78 is 10.2. The molecule has 3 heterocycles. The topological polar surface area (TPSA) is 94.3 Å². The highest BCUT2D eigenvalue weighted by molar-refractivity contribution is 7.10. The fraction of sp³-hybridized carbons (Fsp3) is 0.269. The number of ether oxygens (including phenoxy) is 2. The van der Waals surface area contributed by atoms with Crippen LogP contribution in [0.1, 0.15) is 22.4 Å². The molecule has 0 radical (unpaired) electrons. The van der Waals surface area contributed by atoms with E-state index in [1.807, 2.05) is 48.9 Å². The number of aryl methyl sites for hydroxylation is 1. The lowest BCUT2D eigenvalue weighted by atomic mass is 10.0. The average molecular weight is 476 g/mol. The number of hydrogen-bond acceptors (Lipinski definition) is 8. The Morgan fingerprint density at radius 3 is 2.82 bits per heavy atom. The molecule has 1 saturated heterocycles. The smallest absolute Gasteiger partial charge is 0.189 e. The minimum atomic E-state index is 0.103. The summed E-state index contributed by atoms with van der Waals surface area (Å²) in [6.07, 6.45) is 9.68. The minimum absolute atomic E-state index is 0.103. The van der Waals surface area contributed by atoms with Crippen molar-refractivity contribution in [3.63, 3.8) is 0 Å². The summed E-state index contributed by atoms with van der Waals surface area (Å²) in [6.45, 7) is 4.59. The number of aromatic nitrogens is 1. The summed E-state index contributed by atoms with van der Waals surface area (Å²) in [6, 6.07) is 12.4. The Morgan fingerprint density at radius 1 is 1.21 bits per heavy atom. The van der Waals surface area contributed by atoms with Gasteiger partial charge in [0.25, 0.3) is 0 Å². The van der Waals surface area contributed by atoms with E-state index < -0.39 is 0 Å². The maximum absolute atomic E-state index is 7.59. The van der Waals surface area contributed by atoms with Crippen molar-refractivity contribution in [2.45, 2.75) is 19.4 Å². The van der Waals surface area contributed by atoms with Gasteiger partial charge in [-0.3, -0.25) is 20.7 Å². The Bertz CT molecular complexity index is 1120. The molecule has 3 N–H and O–H groups in total. The van der Waals surface area contributed by atoms with Gasteiger partial charge in [0, 0.05) is 60.8 Å². The van der Waals surface area contributed by atoms with E-state index in [4.69, 9.17) is 20.3 Å². The van der Waals surface area contributed by atoms with E-state index >= 15 is 0 Å². The number of anilines is 1. The molecule has 2 aromatic heterocycles. The highest BCUT2D eigenvalue weighted by Gasteiger charge is 2.13. The van der Waals surface area contributed by atoms with Gasteiger partial charge in [-0.25, -0.2) is 0 Å². The number of thiophene rings is 1. The van der Waals surface area contributed by atoms with Crippen molar-refractivity contribution in [1.29, 1.82) is 10.8 Å². The molecule has 1 aromatic carbocycles. The first-order chi connectivity index (χ1) is 16.7. The van der Waals surface area contributed by atoms with Crippen LogP contribution in [0.3, 0.4) is 0 Å². The SMILES string of the molecule is N=COC(=N)CCc1ccc(N/C=C/c2cnccc2-c2csc(CN3CCOCC3)c2)cc1. The Kier molecular flexibility index (Phi) is 8.56. The molecule has 34 heavy (non-hydrogen) atoms. The van der Waals surface area contributed by atoms with Crippen LogP contribution >= 0.6 is 11.3 Å². The number of benzene rings is 1. The van der Waals surface area contributed by atoms with Gasteiger partial charge in [0.2, 0.25) is 0 Å². The van der Waals surface area contributed by atoms with Crippen molar-refractivity contribution in [3.05, 3.63) is 76.4 Å². The third-order valence-electron chi connectivity index (χ3n) is 5.61. The standard InChI is InChI=1S/C26H29N5O2S/c27-19-33-26(28)6-3-20-1-4-23(5-2-20)30-10-7-21-16-29-9-8-25(21)22-15-24(34-18-22)17-31-11-13-32-14-12-31/h1-2,4-5,7-10,15-16,18-19,27-28,30H,3,6,11-14,17H2/b10-7+,27-19?,28-26?. The van der Waals surface area contributed by atoms with Crippen LogP contribution in [0.25, 0.3) is 17.2 Å². The van der Waals surface area contributed by atoms with E-state index in [2.05, 4.69) is 32.7 Å². The molecule has 0 aliphatic carbocycles. The molecule has 8 heteroatoms. The Hall–Kier alpha value is -3.33. The first kappa shape index (κ1) is 23.8. The lowest BCUT2D eigenvalue weighted by molar-refractivity contribution is 0.0346. The molecule has 7 nitrogen and oxygen atoms in total. The minimum Gasteiger partial charge on any atom is -0.433 e. The fourth-order valence-corrected chi connectivity index (χ4v) is 4.70. The summed E-state index contributed by atoms with van der Waals surface area (Å²) in [7, 11) is 0. The van der Waals surface area contributed by atoms with Crippen molar-refractivity contribution in [1.82, 2.24) is 9.88 Å². The summed E-state index contributed by atoms with van der Waals surface area (Å²) in [5, 5.41) is 20.0. The molecule has 176 valence electrons. The summed E-state index contributed by atoms with van der Waals surface area (Å²) in [4.78, 5) is 8.12. The molecular weight excluding hydrogens is 446 g/mol. The van der Waals surface area contributed by atoms with Crippen LogP contribution in [0.5, 0.6) is 0 Å². The molecule has 1 aliphatic heterocycles. The fourth-order valence-electron chi connectivity index (χ4n) is 3.77. The van der Waals surface area contributed by atoms with Gasteiger partial charge in [-0.2, -0.15) is 0 Å². The van der Waals surface area contributed by atoms with Gasteiger partial charge in [0.05, 0.1) is 13.2 Å². The van der Waals surface area contributed by atoms with Crippen molar-refractivity contribution in [2.24, 2.45) is 0 Å². The van der Waals surface area contributed by atoms with Crippen molar-refractivity contribution in [3.8, 4) is 11.1 Å². The molecular formula is C26H29N5O2S. The maximum Gasteiger partial charge on any atom is 0.189 e. The predicted octanol–water partition coefficient (Wildman–Crippen LogP) is 5.26. The van der Waals surface area contributed by atoms with Crippen LogP contribution < -0.4 is 5.32 Å². The predicted molar refractivity (Wildman–Crippen MR) is 139 cm³/mol. The third kappa shape index (κ3) is 6.84. The van der Waals surface area contributed by atoms with Gasteiger partial charge in [-0.15, -0.1) is 11.3 Å². The Labute approximate surface area is 204 Å². The normalized spacial score (nSPS) is 14.2. The van der Waals surface area contributed by atoms with E-state index in [0.717, 1.165) is 56.1 Å². The first-order valence-corrected chi connectivity index (χ1v) is 12.2. The van der Waals surface area contributed by atoms with Gasteiger partial charge in [-0.05, 0) is 58.8 Å². The van der Waals surface area contributed by atoms with Crippen molar-refractivity contribution >= 4 is 35.4 Å². The van der Waals surface area contributed by atoms with Crippen LogP contribution in [-0.4, -0.2) is 48.5 Å². The first-order valence-electron chi connectivity index (χ1n) is 11.3. The zero-order chi connectivity index (χ0) is 23.6. The molecule has 3 aromatic rings. The third-order valence-corrected chi connectivity index (χ3v) is 6.53. The van der Waals surface area contributed by atoms with Crippen LogP contribution in [0.4, 0.5) is 5.69 Å². The lowest BCUT2D eigenvalue weighted by Crippen LogP contribution is -2.35. The molecule has 0 unspecified atom stereocenters. The Balaban J connectivity index is 1.35. The summed E-state index contributed by atoms with van der Waals surface area (Å²) in [5.41, 5.74) is 5.55. The number of nitrogens with zero attached hydrogens (tertiary/aromatic N) is 2. The lowest BCUT2D eigenvalue weighted by Gasteiger charge is -2.25. The highest BCUT2D eigenvalue weighted by atomic mass is 32.1. The molecule has 1 fully saturated rings. The molecule has 0 amide bonds. The van der Waals surface area contributed by atoms with Gasteiger partial charge >= 0.3 is 0 Å². The highest BCUT2D eigenvalue weighted by Crippen LogP contribution is 2.29. The summed E-state index contributed by atoms with van der Waals surface area (Å²) in [5.74, 6) is 0.103. The monoisotopic (exact) mass is 475 g/mol. The summed E-state index contributed by atoms with van der Waals surface area (Å²) >= 11 is 1.80. The van der Waals surface area contributed by atoms with E-state index in [9.17, 15) is 0 Å². The van der Waals surface area contributed by atoms with E-state index in [1.165, 1.54) is 16.0 Å². The second-order valence-electron chi connectivity index (χ2n) is 7.99. The zero-order valence-electron chi connectivity index (χ0n) is 19.0. The van der Waals surface area contributed by atoms with Crippen LogP contribution in [0, 0.1) is 10.8 Å². The van der Waals surface area contributed by atoms with E-state index in [-0.39, 0.29) is 5.90 Å². The molecule has 0 bridgehead atoms. The Morgan fingerprint density at radius 2 is 2.03 bits per heavy atom. The number of morpholine rings is 1. The van der Waals surface area contributed by atoms with E-state index in [0.29, 0.717) is 12.8 Å². The molecule has 0 saturated carbocycles. The maximum atomic E-state index is 7.59. The quantitative estimate of drug-likeness (QED) is 0.275. The molecule has 0 spiro atoms. The van der Waals surface area contributed by atoms with Gasteiger partial charge in [-0.1, -0.05) is 12.1 Å². The largest absolute Gasteiger partial charge is 0.433 e. The van der Waals surface area contributed by atoms with Crippen LogP contribution in [0.2, 0.25) is 0 Å². The molecule has 1 aliphatic rings. The van der Waals surface area contributed by atoms with Gasteiger partial charge in [0.1, 0.15) is 0 Å². The van der Waals surface area contributed by atoms with Crippen LogP contribution in [-0.2, 0) is 22.4 Å². The second-order valence-corrected chi connectivity index (χ2v) is 8.98. The number of nitrogens with one attached hydrogen (secondary N) is 3. The van der Waals surface area contributed by atoms with Gasteiger partial charge < -0.3 is 14.8 Å². The van der Waals surface area contributed by atoms with Crippen molar-refractivity contribution in [2.75, 3.05) is 31.6 Å². The van der Waals surface area contributed by atoms with Gasteiger partial charge in [0.15, 0.2) is 12.3 Å². The second kappa shape index (κ2) is 12.2. The van der Waals surface area contributed by atoms with Crippen LogP contribution in [0.15, 0.2) is 60.4 Å². The average Bonchev–Trinajstić information content (AvgIpc) is 3.33. The number of rotatable bonds is 10. The molecule has 0 atom stereocenters. The number of pyridine rings is 1. The zero-order valence-corrected chi connectivity index (χ0v) is 19.8. The number of hydrogen-bond donors (Lipinski definition) is 3.